The molecule has 354 valence electrons. The standard InChI is InChI=1S/C55H98O6/c1-4-7-10-13-16-19-22-25-26-27-28-29-31-33-36-39-42-45-48-54(57)60-51-52(50-59-53(56)47-44-41-38-35-32-24-21-18-15-12-9-6-3)61-55(58)49-46-43-40-37-34-30-23-20-17-14-11-8-5-2/h8,11,14,17,20,23,28-29,52H,4-7,9-10,12-13,15-16,18-19,21-22,24-27,30-51H2,1-3H3/b11-8-,17-14-,23-20-,29-28-. The summed E-state index contributed by atoms with van der Waals surface area (Å²) >= 11 is 0. The number of carbonyl (C=O) groups excluding carboxylic acids is 3. The first-order chi connectivity index (χ1) is 30.0. The first kappa shape index (κ1) is 58.4. The van der Waals surface area contributed by atoms with Crippen molar-refractivity contribution in [2.24, 2.45) is 0 Å². The molecular formula is C55H98O6. The molecule has 1 unspecified atom stereocenters. The van der Waals surface area contributed by atoms with Gasteiger partial charge in [-0.2, -0.15) is 0 Å². The summed E-state index contributed by atoms with van der Waals surface area (Å²) in [4.78, 5) is 37.9. The molecule has 0 rings (SSSR count). The molecule has 6 nitrogen and oxygen atoms in total. The molecule has 0 heterocycles. The highest BCUT2D eigenvalue weighted by Gasteiger charge is 2.19. The van der Waals surface area contributed by atoms with Crippen LogP contribution in [0.4, 0.5) is 0 Å². The van der Waals surface area contributed by atoms with Gasteiger partial charge in [-0.25, -0.2) is 0 Å². The molecule has 61 heavy (non-hydrogen) atoms. The third kappa shape index (κ3) is 48.3. The first-order valence-corrected chi connectivity index (χ1v) is 26.2. The monoisotopic (exact) mass is 855 g/mol. The van der Waals surface area contributed by atoms with E-state index in [-0.39, 0.29) is 31.1 Å². The number of hydrogen-bond donors (Lipinski definition) is 0. The Morgan fingerprint density at radius 3 is 1.03 bits per heavy atom. The predicted molar refractivity (Wildman–Crippen MR) is 261 cm³/mol. The van der Waals surface area contributed by atoms with Crippen LogP contribution >= 0.6 is 0 Å². The smallest absolute Gasteiger partial charge is 0.306 e. The van der Waals surface area contributed by atoms with Crippen molar-refractivity contribution in [3.63, 3.8) is 0 Å². The molecule has 0 saturated carbocycles. The topological polar surface area (TPSA) is 78.9 Å². The molecule has 1 atom stereocenters. The lowest BCUT2D eigenvalue weighted by molar-refractivity contribution is -0.167. The Kier molecular flexibility index (Phi) is 47.9. The maximum atomic E-state index is 12.8. The van der Waals surface area contributed by atoms with Gasteiger partial charge >= 0.3 is 17.9 Å². The van der Waals surface area contributed by atoms with Gasteiger partial charge in [0.05, 0.1) is 0 Å². The maximum Gasteiger partial charge on any atom is 0.306 e. The van der Waals surface area contributed by atoms with Gasteiger partial charge in [0.2, 0.25) is 0 Å². The fourth-order valence-electron chi connectivity index (χ4n) is 7.44. The fraction of sp³-hybridized carbons (Fsp3) is 0.800. The third-order valence-corrected chi connectivity index (χ3v) is 11.4. The van der Waals surface area contributed by atoms with Gasteiger partial charge in [0.1, 0.15) is 13.2 Å². The van der Waals surface area contributed by atoms with Crippen LogP contribution < -0.4 is 0 Å². The van der Waals surface area contributed by atoms with Crippen LogP contribution in [-0.4, -0.2) is 37.2 Å². The highest BCUT2D eigenvalue weighted by molar-refractivity contribution is 5.71. The third-order valence-electron chi connectivity index (χ3n) is 11.4. The quantitative estimate of drug-likeness (QED) is 0.0199. The molecule has 0 N–H and O–H groups in total. The van der Waals surface area contributed by atoms with Crippen molar-refractivity contribution >= 4 is 17.9 Å². The van der Waals surface area contributed by atoms with Crippen molar-refractivity contribution in [3.8, 4) is 0 Å². The van der Waals surface area contributed by atoms with E-state index in [1.165, 1.54) is 135 Å². The minimum absolute atomic E-state index is 0.0820. The average Bonchev–Trinajstić information content (AvgIpc) is 3.26. The molecule has 0 spiro atoms. The number of esters is 3. The summed E-state index contributed by atoms with van der Waals surface area (Å²) in [6.45, 7) is 6.49. The largest absolute Gasteiger partial charge is 0.462 e. The number of allylic oxidation sites excluding steroid dienone is 8. The summed E-state index contributed by atoms with van der Waals surface area (Å²) in [7, 11) is 0. The minimum Gasteiger partial charge on any atom is -0.462 e. The van der Waals surface area contributed by atoms with E-state index in [1.807, 2.05) is 0 Å². The second kappa shape index (κ2) is 50.0. The first-order valence-electron chi connectivity index (χ1n) is 26.2. The van der Waals surface area contributed by atoms with E-state index in [0.29, 0.717) is 19.3 Å². The number of hydrogen-bond acceptors (Lipinski definition) is 6. The summed E-state index contributed by atoms with van der Waals surface area (Å²) in [5.74, 6) is -0.904. The molecule has 0 aromatic carbocycles. The van der Waals surface area contributed by atoms with Crippen LogP contribution in [0.2, 0.25) is 0 Å². The SMILES string of the molecule is CC\C=C/C=C\C=C/CCCCCCCC(=O)OC(COC(=O)CCCCCCC/C=C\CCCCCCCCCCC)COC(=O)CCCCCCCCCCCCCC. The van der Waals surface area contributed by atoms with Crippen molar-refractivity contribution in [2.45, 2.75) is 271 Å². The zero-order valence-electron chi connectivity index (χ0n) is 40.4. The lowest BCUT2D eigenvalue weighted by atomic mass is 10.0. The van der Waals surface area contributed by atoms with Crippen LogP contribution in [-0.2, 0) is 28.6 Å². The highest BCUT2D eigenvalue weighted by atomic mass is 16.6. The molecule has 0 aliphatic carbocycles. The summed E-state index contributed by atoms with van der Waals surface area (Å²) in [6, 6.07) is 0. The van der Waals surface area contributed by atoms with Crippen LogP contribution in [0.25, 0.3) is 0 Å². The van der Waals surface area contributed by atoms with Gasteiger partial charge in [0, 0.05) is 19.3 Å². The Hall–Kier alpha value is -2.63. The molecule has 0 fully saturated rings. The number of carbonyl (C=O) groups is 3. The minimum atomic E-state index is -0.783. The summed E-state index contributed by atoms with van der Waals surface area (Å²) in [5, 5.41) is 0. The zero-order chi connectivity index (χ0) is 44.4. The van der Waals surface area contributed by atoms with E-state index in [2.05, 4.69) is 69.4 Å². The molecule has 0 radical (unpaired) electrons. The second-order valence-electron chi connectivity index (χ2n) is 17.5. The van der Waals surface area contributed by atoms with Crippen molar-refractivity contribution < 1.29 is 28.6 Å². The Balaban J connectivity index is 4.36. The van der Waals surface area contributed by atoms with Gasteiger partial charge in [-0.3, -0.25) is 14.4 Å². The Morgan fingerprint density at radius 1 is 0.344 bits per heavy atom. The average molecular weight is 855 g/mol. The van der Waals surface area contributed by atoms with Crippen molar-refractivity contribution in [3.05, 3.63) is 48.6 Å². The lowest BCUT2D eigenvalue weighted by Crippen LogP contribution is -2.30. The number of ether oxygens (including phenoxy) is 3. The summed E-state index contributed by atoms with van der Waals surface area (Å²) in [6.07, 6.45) is 59.5. The van der Waals surface area contributed by atoms with Gasteiger partial charge in [-0.15, -0.1) is 0 Å². The highest BCUT2D eigenvalue weighted by Crippen LogP contribution is 2.15. The molecule has 0 amide bonds. The molecule has 6 heteroatoms. The van der Waals surface area contributed by atoms with E-state index in [9.17, 15) is 14.4 Å². The van der Waals surface area contributed by atoms with Gasteiger partial charge < -0.3 is 14.2 Å². The summed E-state index contributed by atoms with van der Waals surface area (Å²) in [5.41, 5.74) is 0. The lowest BCUT2D eigenvalue weighted by Gasteiger charge is -2.18. The Morgan fingerprint density at radius 2 is 0.656 bits per heavy atom. The molecule has 0 aliphatic heterocycles. The zero-order valence-corrected chi connectivity index (χ0v) is 40.4. The van der Waals surface area contributed by atoms with Crippen LogP contribution in [0, 0.1) is 0 Å². The Bertz CT molecular complexity index is 1070. The maximum absolute atomic E-state index is 12.8. The van der Waals surface area contributed by atoms with E-state index >= 15 is 0 Å². The van der Waals surface area contributed by atoms with E-state index < -0.39 is 6.10 Å². The van der Waals surface area contributed by atoms with Gasteiger partial charge in [-0.1, -0.05) is 230 Å². The molecular weight excluding hydrogens is 757 g/mol. The van der Waals surface area contributed by atoms with Crippen molar-refractivity contribution in [1.29, 1.82) is 0 Å². The van der Waals surface area contributed by atoms with Crippen LogP contribution in [0.3, 0.4) is 0 Å². The van der Waals surface area contributed by atoms with Crippen LogP contribution in [0.5, 0.6) is 0 Å². The Labute approximate surface area is 378 Å². The van der Waals surface area contributed by atoms with Crippen LogP contribution in [0.15, 0.2) is 48.6 Å². The van der Waals surface area contributed by atoms with E-state index in [4.69, 9.17) is 14.2 Å². The molecule has 0 aromatic heterocycles. The van der Waals surface area contributed by atoms with Crippen LogP contribution in [0.1, 0.15) is 265 Å². The van der Waals surface area contributed by atoms with Crippen molar-refractivity contribution in [1.82, 2.24) is 0 Å². The molecule has 0 aromatic rings. The molecule has 0 saturated heterocycles. The van der Waals surface area contributed by atoms with Gasteiger partial charge in [-0.05, 0) is 64.2 Å². The molecule has 0 aliphatic rings. The van der Waals surface area contributed by atoms with Gasteiger partial charge in [0.15, 0.2) is 6.10 Å². The fourth-order valence-corrected chi connectivity index (χ4v) is 7.44. The summed E-state index contributed by atoms with van der Waals surface area (Å²) < 4.78 is 16.8. The van der Waals surface area contributed by atoms with Gasteiger partial charge in [0.25, 0.3) is 0 Å². The predicted octanol–water partition coefficient (Wildman–Crippen LogP) is 17.1. The van der Waals surface area contributed by atoms with E-state index in [1.54, 1.807) is 0 Å². The number of rotatable bonds is 47. The van der Waals surface area contributed by atoms with E-state index in [0.717, 1.165) is 89.9 Å². The number of unbranched alkanes of at least 4 members (excludes halogenated alkanes) is 30. The molecule has 0 bridgehead atoms. The second-order valence-corrected chi connectivity index (χ2v) is 17.5. The van der Waals surface area contributed by atoms with Crippen molar-refractivity contribution in [2.75, 3.05) is 13.2 Å². The normalized spacial score (nSPS) is 12.4.